The molecule has 0 bridgehead atoms. The van der Waals surface area contributed by atoms with E-state index in [4.69, 9.17) is 14.5 Å². The fourth-order valence-corrected chi connectivity index (χ4v) is 4.06. The predicted molar refractivity (Wildman–Crippen MR) is 105 cm³/mol. The number of hydrogen-bond acceptors (Lipinski definition) is 4. The number of likely N-dealkylation sites (tertiary alicyclic amines) is 1. The molecule has 6 nitrogen and oxygen atoms in total. The third-order valence-corrected chi connectivity index (χ3v) is 5.57. The van der Waals surface area contributed by atoms with Crippen molar-refractivity contribution in [3.05, 3.63) is 35.9 Å². The highest BCUT2D eigenvalue weighted by atomic mass is 16.5. The standard InChI is InChI=1S/C21H31N3O3/c1-4-22-21(24-13-15(2)18(14-24)20(25)26-3)23-12-17-10-11-27-19(17)16-8-6-5-7-9-16/h5-9,15,17-19H,4,10-14H2,1-3H3,(H,22,23). The van der Waals surface area contributed by atoms with Crippen LogP contribution >= 0.6 is 0 Å². The first-order valence-corrected chi connectivity index (χ1v) is 9.91. The van der Waals surface area contributed by atoms with Crippen molar-refractivity contribution in [3.63, 3.8) is 0 Å². The molecule has 1 aromatic rings. The molecule has 27 heavy (non-hydrogen) atoms. The minimum atomic E-state index is -0.130. The molecule has 0 spiro atoms. The van der Waals surface area contributed by atoms with E-state index in [9.17, 15) is 4.79 Å². The van der Waals surface area contributed by atoms with E-state index in [1.807, 2.05) is 6.07 Å². The first kappa shape index (κ1) is 19.7. The molecular formula is C21H31N3O3. The molecule has 1 N–H and O–H groups in total. The van der Waals surface area contributed by atoms with Gasteiger partial charge in [-0.1, -0.05) is 37.3 Å². The Hall–Kier alpha value is -2.08. The number of nitrogens with one attached hydrogen (secondary N) is 1. The minimum Gasteiger partial charge on any atom is -0.469 e. The quantitative estimate of drug-likeness (QED) is 0.488. The Bertz CT molecular complexity index is 649. The second-order valence-corrected chi connectivity index (χ2v) is 7.46. The number of benzene rings is 1. The lowest BCUT2D eigenvalue weighted by Crippen LogP contribution is -2.41. The van der Waals surface area contributed by atoms with Crippen molar-refractivity contribution < 1.29 is 14.3 Å². The summed E-state index contributed by atoms with van der Waals surface area (Å²) in [4.78, 5) is 19.1. The van der Waals surface area contributed by atoms with Gasteiger partial charge >= 0.3 is 5.97 Å². The number of guanidine groups is 1. The molecule has 0 radical (unpaired) electrons. The Morgan fingerprint density at radius 3 is 2.81 bits per heavy atom. The van der Waals surface area contributed by atoms with Gasteiger partial charge in [0.15, 0.2) is 5.96 Å². The van der Waals surface area contributed by atoms with Gasteiger partial charge in [0.05, 0.1) is 19.1 Å². The number of carbonyl (C=O) groups excluding carboxylic acids is 1. The van der Waals surface area contributed by atoms with E-state index in [1.54, 1.807) is 0 Å². The topological polar surface area (TPSA) is 63.2 Å². The summed E-state index contributed by atoms with van der Waals surface area (Å²) in [6, 6.07) is 10.4. The average molecular weight is 373 g/mol. The third-order valence-electron chi connectivity index (χ3n) is 5.57. The summed E-state index contributed by atoms with van der Waals surface area (Å²) in [7, 11) is 1.46. The van der Waals surface area contributed by atoms with E-state index < -0.39 is 0 Å². The highest BCUT2D eigenvalue weighted by molar-refractivity contribution is 5.82. The zero-order valence-electron chi connectivity index (χ0n) is 16.6. The number of ether oxygens (including phenoxy) is 2. The molecular weight excluding hydrogens is 342 g/mol. The summed E-state index contributed by atoms with van der Waals surface area (Å²) >= 11 is 0. The molecule has 1 aromatic carbocycles. The number of rotatable bonds is 5. The number of hydrogen-bond donors (Lipinski definition) is 1. The number of nitrogens with zero attached hydrogens (tertiary/aromatic N) is 2. The molecule has 2 aliphatic heterocycles. The SMILES string of the molecule is CCNC(=NCC1CCOC1c1ccccc1)N1CC(C)C(C(=O)OC)C1. The molecule has 4 unspecified atom stereocenters. The second kappa shape index (κ2) is 9.22. The Morgan fingerprint density at radius 1 is 1.33 bits per heavy atom. The minimum absolute atomic E-state index is 0.0919. The van der Waals surface area contributed by atoms with Crippen molar-refractivity contribution in [1.29, 1.82) is 0 Å². The summed E-state index contributed by atoms with van der Waals surface area (Å²) in [5, 5.41) is 3.38. The number of esters is 1. The Kier molecular flexibility index (Phi) is 6.72. The maximum Gasteiger partial charge on any atom is 0.310 e. The van der Waals surface area contributed by atoms with Crippen molar-refractivity contribution in [2.75, 3.05) is 39.9 Å². The van der Waals surface area contributed by atoms with Crippen LogP contribution in [0.3, 0.4) is 0 Å². The molecule has 148 valence electrons. The molecule has 4 atom stereocenters. The van der Waals surface area contributed by atoms with E-state index in [-0.39, 0.29) is 23.9 Å². The number of carbonyl (C=O) groups is 1. The lowest BCUT2D eigenvalue weighted by atomic mass is 9.95. The summed E-state index contributed by atoms with van der Waals surface area (Å²) in [5.41, 5.74) is 1.22. The number of methoxy groups -OCH3 is 1. The van der Waals surface area contributed by atoms with Crippen molar-refractivity contribution in [1.82, 2.24) is 10.2 Å². The molecule has 0 aromatic heterocycles. The first-order chi connectivity index (χ1) is 13.1. The van der Waals surface area contributed by atoms with Crippen LogP contribution in [0.5, 0.6) is 0 Å². The average Bonchev–Trinajstić information content (AvgIpc) is 3.32. The molecule has 2 fully saturated rings. The molecule has 6 heteroatoms. The van der Waals surface area contributed by atoms with E-state index in [1.165, 1.54) is 12.7 Å². The van der Waals surface area contributed by atoms with Gasteiger partial charge < -0.3 is 19.7 Å². The monoisotopic (exact) mass is 373 g/mol. The van der Waals surface area contributed by atoms with Crippen molar-refractivity contribution in [3.8, 4) is 0 Å². The molecule has 2 saturated heterocycles. The van der Waals surface area contributed by atoms with E-state index >= 15 is 0 Å². The molecule has 0 aliphatic carbocycles. The lowest BCUT2D eigenvalue weighted by molar-refractivity contribution is -0.145. The third kappa shape index (κ3) is 4.61. The van der Waals surface area contributed by atoms with Gasteiger partial charge in [-0.05, 0) is 24.8 Å². The molecule has 0 amide bonds. The van der Waals surface area contributed by atoms with Crippen LogP contribution in [0.4, 0.5) is 0 Å². The van der Waals surface area contributed by atoms with Crippen LogP contribution < -0.4 is 5.32 Å². The fraction of sp³-hybridized carbons (Fsp3) is 0.619. The maximum absolute atomic E-state index is 12.0. The summed E-state index contributed by atoms with van der Waals surface area (Å²) in [6.45, 7) is 7.94. The van der Waals surface area contributed by atoms with Crippen LogP contribution in [-0.2, 0) is 14.3 Å². The van der Waals surface area contributed by atoms with E-state index in [0.29, 0.717) is 12.5 Å². The molecule has 0 saturated carbocycles. The normalized spacial score (nSPS) is 28.4. The molecule has 2 heterocycles. The molecule has 2 aliphatic rings. The van der Waals surface area contributed by atoms with Gasteiger partial charge in [-0.2, -0.15) is 0 Å². The molecule has 3 rings (SSSR count). The smallest absolute Gasteiger partial charge is 0.310 e. The zero-order valence-corrected chi connectivity index (χ0v) is 16.6. The Balaban J connectivity index is 1.68. The highest BCUT2D eigenvalue weighted by Crippen LogP contribution is 2.34. The summed E-state index contributed by atoms with van der Waals surface area (Å²) < 4.78 is 10.9. The van der Waals surface area contributed by atoms with Crippen LogP contribution in [0.15, 0.2) is 35.3 Å². The maximum atomic E-state index is 12.0. The lowest BCUT2D eigenvalue weighted by Gasteiger charge is -2.23. The van der Waals surface area contributed by atoms with Gasteiger partial charge in [0, 0.05) is 38.7 Å². The van der Waals surface area contributed by atoms with Crippen molar-refractivity contribution in [2.45, 2.75) is 26.4 Å². The van der Waals surface area contributed by atoms with Gasteiger partial charge in [-0.25, -0.2) is 0 Å². The van der Waals surface area contributed by atoms with Crippen LogP contribution in [0.25, 0.3) is 0 Å². The predicted octanol–water partition coefficient (Wildman–Crippen LogP) is 2.47. The zero-order chi connectivity index (χ0) is 19.2. The first-order valence-electron chi connectivity index (χ1n) is 9.91. The van der Waals surface area contributed by atoms with Crippen LogP contribution in [0.1, 0.15) is 31.9 Å². The highest BCUT2D eigenvalue weighted by Gasteiger charge is 2.37. The fourth-order valence-electron chi connectivity index (χ4n) is 4.06. The van der Waals surface area contributed by atoms with Crippen LogP contribution in [0, 0.1) is 17.8 Å². The van der Waals surface area contributed by atoms with Crippen molar-refractivity contribution in [2.24, 2.45) is 22.7 Å². The Morgan fingerprint density at radius 2 is 2.11 bits per heavy atom. The van der Waals surface area contributed by atoms with Crippen LogP contribution in [0.2, 0.25) is 0 Å². The van der Waals surface area contributed by atoms with Crippen molar-refractivity contribution >= 4 is 11.9 Å². The summed E-state index contributed by atoms with van der Waals surface area (Å²) in [5.74, 6) is 1.29. The van der Waals surface area contributed by atoms with Crippen LogP contribution in [-0.4, -0.2) is 56.7 Å². The van der Waals surface area contributed by atoms with Gasteiger partial charge in [-0.3, -0.25) is 9.79 Å². The van der Waals surface area contributed by atoms with Gasteiger partial charge in [-0.15, -0.1) is 0 Å². The Labute approximate surface area is 161 Å². The van der Waals surface area contributed by atoms with E-state index in [0.717, 1.165) is 38.6 Å². The van der Waals surface area contributed by atoms with E-state index in [2.05, 4.69) is 48.3 Å². The van der Waals surface area contributed by atoms with Gasteiger partial charge in [0.1, 0.15) is 0 Å². The second-order valence-electron chi connectivity index (χ2n) is 7.46. The largest absolute Gasteiger partial charge is 0.469 e. The van der Waals surface area contributed by atoms with Gasteiger partial charge in [0.25, 0.3) is 0 Å². The number of aliphatic imine (C=N–C) groups is 1. The summed E-state index contributed by atoms with van der Waals surface area (Å²) in [6.07, 6.45) is 1.13. The van der Waals surface area contributed by atoms with Gasteiger partial charge in [0.2, 0.25) is 0 Å².